The third kappa shape index (κ3) is 3.68. The molecule has 0 bridgehead atoms. The minimum Gasteiger partial charge on any atom is -0.439 e. The van der Waals surface area contributed by atoms with Crippen LogP contribution in [0.5, 0.6) is 0 Å². The van der Waals surface area contributed by atoms with Crippen molar-refractivity contribution < 1.29 is 23.1 Å². The molecular formula is C22H19F2N3O3. The maximum atomic E-state index is 13.0. The highest BCUT2D eigenvalue weighted by Crippen LogP contribution is 2.34. The highest BCUT2D eigenvalue weighted by atomic mass is 19.3. The van der Waals surface area contributed by atoms with Crippen molar-refractivity contribution in [1.29, 1.82) is 0 Å². The summed E-state index contributed by atoms with van der Waals surface area (Å²) in [4.78, 5) is 30.2. The van der Waals surface area contributed by atoms with Gasteiger partial charge in [0.25, 0.3) is 6.43 Å². The smallest absolute Gasteiger partial charge is 0.419 e. The summed E-state index contributed by atoms with van der Waals surface area (Å²) in [6.45, 7) is 1.82. The molecule has 0 spiro atoms. The van der Waals surface area contributed by atoms with Crippen LogP contribution in [0.4, 0.5) is 18.4 Å². The van der Waals surface area contributed by atoms with Gasteiger partial charge in [0, 0.05) is 29.9 Å². The molecule has 0 aliphatic carbocycles. The number of imide groups is 1. The fourth-order valence-electron chi connectivity index (χ4n) is 3.63. The fraction of sp³-hybridized carbons (Fsp3) is 0.227. The number of nitrogens with one attached hydrogen (secondary N) is 1. The molecule has 1 aromatic heterocycles. The third-order valence-corrected chi connectivity index (χ3v) is 5.16. The number of aromatic nitrogens is 1. The van der Waals surface area contributed by atoms with Crippen molar-refractivity contribution in [2.75, 3.05) is 0 Å². The average Bonchev–Trinajstić information content (AvgIpc) is 3.06. The van der Waals surface area contributed by atoms with Crippen molar-refractivity contribution in [3.8, 4) is 0 Å². The summed E-state index contributed by atoms with van der Waals surface area (Å²) in [7, 11) is 0. The van der Waals surface area contributed by atoms with Gasteiger partial charge in [-0.05, 0) is 29.5 Å². The summed E-state index contributed by atoms with van der Waals surface area (Å²) in [5, 5.41) is 4.61. The number of alkyl halides is 2. The van der Waals surface area contributed by atoms with E-state index in [0.717, 1.165) is 21.2 Å². The molecule has 1 aliphatic rings. The Labute approximate surface area is 171 Å². The van der Waals surface area contributed by atoms with Gasteiger partial charge in [0.2, 0.25) is 0 Å². The number of pyridine rings is 1. The lowest BCUT2D eigenvalue weighted by molar-refractivity contribution is 0.130. The number of carbonyl (C=O) groups is 2. The van der Waals surface area contributed by atoms with E-state index in [1.807, 2.05) is 24.3 Å². The molecule has 0 saturated carbocycles. The van der Waals surface area contributed by atoms with Gasteiger partial charge in [-0.3, -0.25) is 4.98 Å². The number of ether oxygens (including phenoxy) is 1. The second-order valence-electron chi connectivity index (χ2n) is 7.06. The number of nitrogens with zero attached hydrogens (tertiary/aromatic N) is 2. The molecule has 3 aromatic rings. The van der Waals surface area contributed by atoms with Gasteiger partial charge in [-0.25, -0.2) is 23.3 Å². The molecule has 1 fully saturated rings. The van der Waals surface area contributed by atoms with E-state index in [9.17, 15) is 18.4 Å². The van der Waals surface area contributed by atoms with Gasteiger partial charge in [0.15, 0.2) is 0 Å². The lowest BCUT2D eigenvalue weighted by Crippen LogP contribution is -2.44. The Morgan fingerprint density at radius 1 is 1.20 bits per heavy atom. The zero-order chi connectivity index (χ0) is 21.3. The molecule has 30 heavy (non-hydrogen) atoms. The molecule has 2 heterocycles. The van der Waals surface area contributed by atoms with Crippen molar-refractivity contribution in [2.24, 2.45) is 0 Å². The quantitative estimate of drug-likeness (QED) is 0.658. The molecule has 2 aromatic carbocycles. The Bertz CT molecular complexity index is 1100. The van der Waals surface area contributed by atoms with Crippen LogP contribution < -0.4 is 5.32 Å². The zero-order valence-corrected chi connectivity index (χ0v) is 16.1. The van der Waals surface area contributed by atoms with Crippen molar-refractivity contribution >= 4 is 22.9 Å². The maximum absolute atomic E-state index is 13.0. The first kappa shape index (κ1) is 19.8. The molecule has 154 valence electrons. The number of rotatable bonds is 4. The molecule has 8 heteroatoms. The number of fused-ring (bicyclic) bond motifs is 1. The Morgan fingerprint density at radius 2 is 2.00 bits per heavy atom. The normalized spacial score (nSPS) is 18.7. The summed E-state index contributed by atoms with van der Waals surface area (Å²) in [6.07, 6.45) is -0.873. The number of amides is 3. The lowest BCUT2D eigenvalue weighted by atomic mass is 10.0. The summed E-state index contributed by atoms with van der Waals surface area (Å²) in [5.41, 5.74) is 1.06. The first-order valence-electron chi connectivity index (χ1n) is 9.43. The number of benzene rings is 2. The Balaban J connectivity index is 1.49. The number of cyclic esters (lactones) is 1. The van der Waals surface area contributed by atoms with Crippen molar-refractivity contribution in [2.45, 2.75) is 32.0 Å². The Hall–Kier alpha value is -3.55. The standard InChI is InChI=1S/C22H19F2N3O3/c1-13-19(14-6-4-7-15(9-14)20(23)24)30-22(29)27(13)21(28)26-12-17-11-25-10-16-5-2-3-8-18(16)17/h2-11,13,19-20H,12H2,1H3,(H,26,28)/t13-,19-/m0/s1. The minimum absolute atomic E-state index is 0.165. The van der Waals surface area contributed by atoms with E-state index in [4.69, 9.17) is 4.74 Å². The van der Waals surface area contributed by atoms with Crippen LogP contribution >= 0.6 is 0 Å². The number of carbonyl (C=O) groups excluding carboxylic acids is 2. The number of urea groups is 1. The van der Waals surface area contributed by atoms with Crippen molar-refractivity contribution in [1.82, 2.24) is 15.2 Å². The molecule has 4 rings (SSSR count). The van der Waals surface area contributed by atoms with E-state index < -0.39 is 30.7 Å². The number of hydrogen-bond acceptors (Lipinski definition) is 4. The zero-order valence-electron chi connectivity index (χ0n) is 16.1. The van der Waals surface area contributed by atoms with E-state index in [-0.39, 0.29) is 12.1 Å². The highest BCUT2D eigenvalue weighted by molar-refractivity contribution is 5.93. The number of hydrogen-bond donors (Lipinski definition) is 1. The first-order valence-corrected chi connectivity index (χ1v) is 9.43. The van der Waals surface area contributed by atoms with Crippen molar-refractivity contribution in [3.05, 3.63) is 77.6 Å². The fourth-order valence-corrected chi connectivity index (χ4v) is 3.63. The largest absolute Gasteiger partial charge is 0.439 e. The highest BCUT2D eigenvalue weighted by Gasteiger charge is 2.43. The van der Waals surface area contributed by atoms with Crippen LogP contribution in [0.1, 0.15) is 36.1 Å². The summed E-state index contributed by atoms with van der Waals surface area (Å²) in [6, 6.07) is 12.0. The Morgan fingerprint density at radius 3 is 2.80 bits per heavy atom. The van der Waals surface area contributed by atoms with Crippen molar-refractivity contribution in [3.63, 3.8) is 0 Å². The molecule has 1 N–H and O–H groups in total. The average molecular weight is 411 g/mol. The molecule has 1 aliphatic heterocycles. The van der Waals surface area contributed by atoms with Crippen LogP contribution in [-0.4, -0.2) is 28.1 Å². The molecule has 0 unspecified atom stereocenters. The van der Waals surface area contributed by atoms with Gasteiger partial charge in [-0.1, -0.05) is 42.5 Å². The second-order valence-corrected chi connectivity index (χ2v) is 7.06. The van der Waals surface area contributed by atoms with Gasteiger partial charge >= 0.3 is 12.1 Å². The monoisotopic (exact) mass is 411 g/mol. The van der Waals surface area contributed by atoms with Gasteiger partial charge in [0.05, 0.1) is 6.04 Å². The first-order chi connectivity index (χ1) is 14.5. The van der Waals surface area contributed by atoms with Gasteiger partial charge in [0.1, 0.15) is 6.10 Å². The summed E-state index contributed by atoms with van der Waals surface area (Å²) < 4.78 is 31.3. The van der Waals surface area contributed by atoms with E-state index in [1.54, 1.807) is 25.4 Å². The van der Waals surface area contributed by atoms with Gasteiger partial charge in [-0.15, -0.1) is 0 Å². The SMILES string of the molecule is C[C@H]1[C@@H](c2cccc(C(F)F)c2)OC(=O)N1C(=O)NCc1cncc2ccccc12. The predicted octanol–water partition coefficient (Wildman–Crippen LogP) is 4.96. The van der Waals surface area contributed by atoms with E-state index >= 15 is 0 Å². The molecule has 1 saturated heterocycles. The van der Waals surface area contributed by atoms with Crippen LogP contribution in [0.15, 0.2) is 60.9 Å². The molecule has 3 amide bonds. The van der Waals surface area contributed by atoms with Crippen LogP contribution in [0, 0.1) is 0 Å². The van der Waals surface area contributed by atoms with E-state index in [2.05, 4.69) is 10.3 Å². The molecule has 6 nitrogen and oxygen atoms in total. The van der Waals surface area contributed by atoms with Crippen LogP contribution in [0.3, 0.4) is 0 Å². The van der Waals surface area contributed by atoms with Crippen LogP contribution in [0.25, 0.3) is 10.8 Å². The summed E-state index contributed by atoms with van der Waals surface area (Å²) in [5.74, 6) is 0. The molecule has 0 radical (unpaired) electrons. The number of halogens is 2. The van der Waals surface area contributed by atoms with Gasteiger partial charge < -0.3 is 10.1 Å². The topological polar surface area (TPSA) is 71.5 Å². The van der Waals surface area contributed by atoms with Crippen LogP contribution in [-0.2, 0) is 11.3 Å². The maximum Gasteiger partial charge on any atom is 0.419 e. The lowest BCUT2D eigenvalue weighted by Gasteiger charge is -2.20. The van der Waals surface area contributed by atoms with E-state index in [0.29, 0.717) is 5.56 Å². The van der Waals surface area contributed by atoms with Gasteiger partial charge in [-0.2, -0.15) is 0 Å². The Kier molecular flexibility index (Phi) is 5.31. The predicted molar refractivity (Wildman–Crippen MR) is 106 cm³/mol. The summed E-state index contributed by atoms with van der Waals surface area (Å²) >= 11 is 0. The molecule has 2 atom stereocenters. The second kappa shape index (κ2) is 8.06. The van der Waals surface area contributed by atoms with Crippen LogP contribution in [0.2, 0.25) is 0 Å². The minimum atomic E-state index is -2.63. The molecular weight excluding hydrogens is 392 g/mol. The third-order valence-electron chi connectivity index (χ3n) is 5.16. The van der Waals surface area contributed by atoms with E-state index in [1.165, 1.54) is 18.2 Å².